The Morgan fingerprint density at radius 1 is 1.12 bits per heavy atom. The molecule has 0 fully saturated rings. The van der Waals surface area contributed by atoms with Gasteiger partial charge in [-0.15, -0.1) is 0 Å². The van der Waals surface area contributed by atoms with Crippen molar-refractivity contribution in [2.75, 3.05) is 55.1 Å². The predicted molar refractivity (Wildman–Crippen MR) is 92.6 cm³/mol. The molecule has 25 heavy (non-hydrogen) atoms. The summed E-state index contributed by atoms with van der Waals surface area (Å²) in [7, 11) is 8.36. The third-order valence-electron chi connectivity index (χ3n) is 3.22. The first-order valence-corrected chi connectivity index (χ1v) is 7.86. The first-order valence-electron chi connectivity index (χ1n) is 7.86. The van der Waals surface area contributed by atoms with Gasteiger partial charge in [-0.05, 0) is 39.7 Å². The zero-order chi connectivity index (χ0) is 18.8. The van der Waals surface area contributed by atoms with Gasteiger partial charge in [-0.2, -0.15) is 0 Å². The first kappa shape index (κ1) is 20.7. The van der Waals surface area contributed by atoms with Crippen molar-refractivity contribution in [2.24, 2.45) is 0 Å². The number of hydrogen-bond donors (Lipinski definition) is 1. The van der Waals surface area contributed by atoms with Crippen LogP contribution in [0.5, 0.6) is 17.2 Å². The number of methoxy groups -OCH3 is 2. The average molecular weight is 354 g/mol. The molecule has 0 spiro atoms. The normalized spacial score (nSPS) is 10.5. The summed E-state index contributed by atoms with van der Waals surface area (Å²) in [6.07, 6.45) is 0.729. The molecule has 8 heteroatoms. The molecule has 0 saturated heterocycles. The number of hydrogen-bond acceptors (Lipinski definition) is 8. The van der Waals surface area contributed by atoms with Gasteiger partial charge < -0.3 is 29.2 Å². The van der Waals surface area contributed by atoms with Crippen molar-refractivity contribution in [3.8, 4) is 17.2 Å². The molecule has 0 aliphatic rings. The SMILES string of the molecule is CNCC(=O)Oc1c(OC)cc(C(=O)OCCCN(C)C)cc1OC. The monoisotopic (exact) mass is 354 g/mol. The minimum Gasteiger partial charge on any atom is -0.493 e. The summed E-state index contributed by atoms with van der Waals surface area (Å²) < 4.78 is 20.9. The van der Waals surface area contributed by atoms with E-state index in [1.807, 2.05) is 19.0 Å². The molecule has 1 rings (SSSR count). The molecular formula is C17H26N2O6. The van der Waals surface area contributed by atoms with Crippen molar-refractivity contribution in [2.45, 2.75) is 6.42 Å². The fraction of sp³-hybridized carbons (Fsp3) is 0.529. The van der Waals surface area contributed by atoms with Crippen molar-refractivity contribution in [3.05, 3.63) is 17.7 Å². The third kappa shape index (κ3) is 6.60. The molecule has 8 nitrogen and oxygen atoms in total. The minimum absolute atomic E-state index is 0.0297. The van der Waals surface area contributed by atoms with E-state index in [4.69, 9.17) is 18.9 Å². The second-order valence-corrected chi connectivity index (χ2v) is 5.51. The first-order chi connectivity index (χ1) is 11.9. The van der Waals surface area contributed by atoms with E-state index in [9.17, 15) is 9.59 Å². The van der Waals surface area contributed by atoms with Crippen molar-refractivity contribution in [3.63, 3.8) is 0 Å². The smallest absolute Gasteiger partial charge is 0.338 e. The Balaban J connectivity index is 2.92. The number of esters is 2. The van der Waals surface area contributed by atoms with E-state index in [-0.39, 0.29) is 29.4 Å². The molecule has 0 aromatic heterocycles. The zero-order valence-corrected chi connectivity index (χ0v) is 15.4. The van der Waals surface area contributed by atoms with E-state index in [0.717, 1.165) is 13.0 Å². The van der Waals surface area contributed by atoms with Crippen LogP contribution < -0.4 is 19.5 Å². The van der Waals surface area contributed by atoms with Gasteiger partial charge in [-0.25, -0.2) is 4.79 Å². The lowest BCUT2D eigenvalue weighted by Gasteiger charge is -2.15. The number of nitrogens with one attached hydrogen (secondary N) is 1. The van der Waals surface area contributed by atoms with Gasteiger partial charge in [0.1, 0.15) is 0 Å². The van der Waals surface area contributed by atoms with Gasteiger partial charge in [0.2, 0.25) is 5.75 Å². The quantitative estimate of drug-likeness (QED) is 0.377. The molecule has 0 heterocycles. The molecule has 0 bridgehead atoms. The molecule has 0 aliphatic carbocycles. The topological polar surface area (TPSA) is 86.3 Å². The summed E-state index contributed by atoms with van der Waals surface area (Å²) in [6, 6.07) is 2.91. The van der Waals surface area contributed by atoms with Crippen LogP contribution in [-0.4, -0.2) is 71.9 Å². The summed E-state index contributed by atoms with van der Waals surface area (Å²) in [5.74, 6) is -0.455. The van der Waals surface area contributed by atoms with Crippen molar-refractivity contribution >= 4 is 11.9 Å². The Hall–Kier alpha value is -2.32. The van der Waals surface area contributed by atoms with E-state index in [1.165, 1.54) is 26.4 Å². The largest absolute Gasteiger partial charge is 0.493 e. The summed E-state index contributed by atoms with van der Waals surface area (Å²) in [4.78, 5) is 25.9. The molecule has 0 atom stereocenters. The van der Waals surface area contributed by atoms with Crippen LogP contribution in [-0.2, 0) is 9.53 Å². The Kier molecular flexibility index (Phi) is 8.73. The standard InChI is InChI=1S/C17H26N2O6/c1-18-11-15(20)25-16-13(22-4)9-12(10-14(16)23-5)17(21)24-8-6-7-19(2)3/h9-10,18H,6-8,11H2,1-5H3. The van der Waals surface area contributed by atoms with Crippen LogP contribution >= 0.6 is 0 Å². The Morgan fingerprint density at radius 3 is 2.20 bits per heavy atom. The maximum Gasteiger partial charge on any atom is 0.338 e. The minimum atomic E-state index is -0.502. The third-order valence-corrected chi connectivity index (χ3v) is 3.22. The molecule has 0 saturated carbocycles. The highest BCUT2D eigenvalue weighted by atomic mass is 16.6. The summed E-state index contributed by atoms with van der Waals surface area (Å²) in [6.45, 7) is 1.16. The van der Waals surface area contributed by atoms with Crippen LogP contribution in [0.15, 0.2) is 12.1 Å². The lowest BCUT2D eigenvalue weighted by Crippen LogP contribution is -2.23. The number of nitrogens with zero attached hydrogens (tertiary/aromatic N) is 1. The second kappa shape index (κ2) is 10.5. The summed E-state index contributed by atoms with van der Waals surface area (Å²) >= 11 is 0. The van der Waals surface area contributed by atoms with Crippen LogP contribution in [0.1, 0.15) is 16.8 Å². The number of carbonyl (C=O) groups excluding carboxylic acids is 2. The molecule has 1 aromatic carbocycles. The Morgan fingerprint density at radius 2 is 1.72 bits per heavy atom. The number of benzene rings is 1. The van der Waals surface area contributed by atoms with Gasteiger partial charge in [-0.3, -0.25) is 4.79 Å². The fourth-order valence-corrected chi connectivity index (χ4v) is 2.02. The molecule has 1 aromatic rings. The highest BCUT2D eigenvalue weighted by molar-refractivity contribution is 5.91. The molecule has 0 amide bonds. The fourth-order valence-electron chi connectivity index (χ4n) is 2.02. The summed E-state index contributed by atoms with van der Waals surface area (Å²) in [5.41, 5.74) is 0.256. The molecule has 0 radical (unpaired) electrons. The highest BCUT2D eigenvalue weighted by Crippen LogP contribution is 2.38. The van der Waals surface area contributed by atoms with E-state index < -0.39 is 11.9 Å². The van der Waals surface area contributed by atoms with Gasteiger partial charge in [0, 0.05) is 6.54 Å². The van der Waals surface area contributed by atoms with Crippen molar-refractivity contribution < 1.29 is 28.5 Å². The zero-order valence-electron chi connectivity index (χ0n) is 15.4. The van der Waals surface area contributed by atoms with Crippen LogP contribution in [0.2, 0.25) is 0 Å². The van der Waals surface area contributed by atoms with Gasteiger partial charge >= 0.3 is 11.9 Å². The maximum absolute atomic E-state index is 12.2. The van der Waals surface area contributed by atoms with Crippen LogP contribution in [0.25, 0.3) is 0 Å². The van der Waals surface area contributed by atoms with Gasteiger partial charge in [0.25, 0.3) is 0 Å². The highest BCUT2D eigenvalue weighted by Gasteiger charge is 2.20. The maximum atomic E-state index is 12.2. The lowest BCUT2D eigenvalue weighted by atomic mass is 10.2. The predicted octanol–water partition coefficient (Wildman–Crippen LogP) is 0.937. The van der Waals surface area contributed by atoms with Crippen molar-refractivity contribution in [1.29, 1.82) is 0 Å². The molecule has 1 N–H and O–H groups in total. The number of likely N-dealkylation sites (N-methyl/N-ethyl adjacent to an activating group) is 1. The van der Waals surface area contributed by atoms with Gasteiger partial charge in [-0.1, -0.05) is 0 Å². The van der Waals surface area contributed by atoms with Gasteiger partial charge in [0.05, 0.1) is 32.9 Å². The molecule has 140 valence electrons. The molecular weight excluding hydrogens is 328 g/mol. The van der Waals surface area contributed by atoms with E-state index in [1.54, 1.807) is 7.05 Å². The van der Waals surface area contributed by atoms with Crippen LogP contribution in [0, 0.1) is 0 Å². The van der Waals surface area contributed by atoms with Gasteiger partial charge in [0.15, 0.2) is 11.5 Å². The average Bonchev–Trinajstić information content (AvgIpc) is 2.58. The lowest BCUT2D eigenvalue weighted by molar-refractivity contribution is -0.133. The molecule has 0 aliphatic heterocycles. The Bertz CT molecular complexity index is 563. The molecule has 0 unspecified atom stereocenters. The van der Waals surface area contributed by atoms with E-state index >= 15 is 0 Å². The number of carbonyl (C=O) groups is 2. The summed E-state index contributed by atoms with van der Waals surface area (Å²) in [5, 5.41) is 2.70. The number of rotatable bonds is 10. The van der Waals surface area contributed by atoms with E-state index in [0.29, 0.717) is 6.61 Å². The van der Waals surface area contributed by atoms with Crippen LogP contribution in [0.4, 0.5) is 0 Å². The number of ether oxygens (including phenoxy) is 4. The van der Waals surface area contributed by atoms with Crippen LogP contribution in [0.3, 0.4) is 0 Å². The second-order valence-electron chi connectivity index (χ2n) is 5.51. The Labute approximate surface area is 148 Å². The van der Waals surface area contributed by atoms with Crippen molar-refractivity contribution in [1.82, 2.24) is 10.2 Å². The van der Waals surface area contributed by atoms with E-state index in [2.05, 4.69) is 5.32 Å².